The number of Topliss-reactive ketones (excluding diaryl/α,β-unsaturated/α-hetero) is 1. The fourth-order valence-corrected chi connectivity index (χ4v) is 5.02. The maximum Gasteiger partial charge on any atom is 0.172 e. The number of carbonyl (C=O) groups is 1. The van der Waals surface area contributed by atoms with Crippen molar-refractivity contribution >= 4 is 5.78 Å². The smallest absolute Gasteiger partial charge is 0.172 e. The quantitative estimate of drug-likeness (QED) is 0.660. The first kappa shape index (κ1) is 21.5. The molecule has 6 nitrogen and oxygen atoms in total. The van der Waals surface area contributed by atoms with Crippen LogP contribution in [0.3, 0.4) is 0 Å². The number of aliphatic hydroxyl groups is 2. The average molecular weight is 421 g/mol. The van der Waals surface area contributed by atoms with Crippen LogP contribution in [0, 0.1) is 24.2 Å². The predicted molar refractivity (Wildman–Crippen MR) is 116 cm³/mol. The first-order valence-electron chi connectivity index (χ1n) is 10.7. The summed E-state index contributed by atoms with van der Waals surface area (Å²) in [6.45, 7) is 6.68. The van der Waals surface area contributed by atoms with Crippen LogP contribution in [-0.4, -0.2) is 34.7 Å². The monoisotopic (exact) mass is 420 g/mol. The Morgan fingerprint density at radius 3 is 2.55 bits per heavy atom. The molecule has 2 aromatic carbocycles. The van der Waals surface area contributed by atoms with Gasteiger partial charge in [-0.1, -0.05) is 12.1 Å². The Hall–Kier alpha value is -2.72. The molecule has 3 N–H and O–H groups in total. The molecule has 31 heavy (non-hydrogen) atoms. The van der Waals surface area contributed by atoms with Crippen LogP contribution in [0.4, 0.5) is 0 Å². The molecule has 0 saturated carbocycles. The number of ketones is 1. The van der Waals surface area contributed by atoms with Gasteiger partial charge in [0.1, 0.15) is 11.4 Å². The number of nitrogens with one attached hydrogen (secondary N) is 1. The number of ether oxygens (including phenoxy) is 1. The van der Waals surface area contributed by atoms with Gasteiger partial charge in [-0.05, 0) is 69.3 Å². The molecule has 2 aromatic rings. The molecular formula is C25H28N2O4. The van der Waals surface area contributed by atoms with Crippen molar-refractivity contribution in [2.75, 3.05) is 13.1 Å². The largest absolute Gasteiger partial charge is 0.486 e. The van der Waals surface area contributed by atoms with Gasteiger partial charge in [0.15, 0.2) is 5.78 Å². The second-order valence-corrected chi connectivity index (χ2v) is 9.16. The zero-order chi connectivity index (χ0) is 22.4. The van der Waals surface area contributed by atoms with E-state index in [-0.39, 0.29) is 5.78 Å². The maximum atomic E-state index is 13.8. The highest BCUT2D eigenvalue weighted by Gasteiger charge is 2.53. The van der Waals surface area contributed by atoms with Crippen molar-refractivity contribution in [3.63, 3.8) is 0 Å². The summed E-state index contributed by atoms with van der Waals surface area (Å²) in [5.74, 6) is -0.442. The van der Waals surface area contributed by atoms with Crippen LogP contribution in [0.25, 0.3) is 0 Å². The summed E-state index contributed by atoms with van der Waals surface area (Å²) < 4.78 is 6.42. The highest BCUT2D eigenvalue weighted by atomic mass is 16.5. The zero-order valence-corrected chi connectivity index (χ0v) is 18.1. The van der Waals surface area contributed by atoms with Crippen LogP contribution < -0.4 is 10.1 Å². The number of carbonyl (C=O) groups excluding carboxylic acids is 1. The number of aliphatic hydroxyl groups excluding tert-OH is 1. The molecule has 1 fully saturated rings. The molecule has 6 heteroatoms. The van der Waals surface area contributed by atoms with Gasteiger partial charge in [0.25, 0.3) is 0 Å². The van der Waals surface area contributed by atoms with Crippen LogP contribution in [0.1, 0.15) is 65.4 Å². The van der Waals surface area contributed by atoms with Gasteiger partial charge in [-0.2, -0.15) is 5.26 Å². The lowest BCUT2D eigenvalue weighted by atomic mass is 9.69. The van der Waals surface area contributed by atoms with Gasteiger partial charge in [0.2, 0.25) is 0 Å². The first-order chi connectivity index (χ1) is 14.7. The van der Waals surface area contributed by atoms with Gasteiger partial charge in [-0.25, -0.2) is 0 Å². The normalized spacial score (nSPS) is 22.3. The molecule has 0 bridgehead atoms. The van der Waals surface area contributed by atoms with Crippen LogP contribution in [0.15, 0.2) is 36.4 Å². The number of nitrogens with zero attached hydrogens (tertiary/aromatic N) is 1. The van der Waals surface area contributed by atoms with Crippen molar-refractivity contribution in [1.29, 1.82) is 5.26 Å². The lowest BCUT2D eigenvalue weighted by Crippen LogP contribution is -2.57. The lowest BCUT2D eigenvalue weighted by Gasteiger charge is -2.48. The molecule has 2 unspecified atom stereocenters. The van der Waals surface area contributed by atoms with Crippen molar-refractivity contribution in [2.45, 2.75) is 50.9 Å². The molecule has 2 heterocycles. The van der Waals surface area contributed by atoms with Crippen molar-refractivity contribution < 1.29 is 19.7 Å². The Bertz CT molecular complexity index is 1060. The highest BCUT2D eigenvalue weighted by molar-refractivity contribution is 5.99. The van der Waals surface area contributed by atoms with Crippen molar-refractivity contribution in [1.82, 2.24) is 5.32 Å². The number of nitriles is 1. The van der Waals surface area contributed by atoms with Gasteiger partial charge in [0.05, 0.1) is 29.3 Å². The van der Waals surface area contributed by atoms with E-state index in [1.807, 2.05) is 6.92 Å². The molecule has 2 aliphatic heterocycles. The summed E-state index contributed by atoms with van der Waals surface area (Å²) in [5, 5.41) is 34.3. The Morgan fingerprint density at radius 2 is 1.94 bits per heavy atom. The Morgan fingerprint density at radius 1 is 1.23 bits per heavy atom. The summed E-state index contributed by atoms with van der Waals surface area (Å²) in [6.07, 6.45) is 0.123. The summed E-state index contributed by atoms with van der Waals surface area (Å²) in [5.41, 5.74) is 1.12. The van der Waals surface area contributed by atoms with E-state index >= 15 is 0 Å². The van der Waals surface area contributed by atoms with Crippen LogP contribution >= 0.6 is 0 Å². The highest BCUT2D eigenvalue weighted by Crippen LogP contribution is 2.49. The third-order valence-corrected chi connectivity index (χ3v) is 6.56. The van der Waals surface area contributed by atoms with E-state index in [4.69, 9.17) is 4.74 Å². The van der Waals surface area contributed by atoms with E-state index in [2.05, 4.69) is 11.4 Å². The average Bonchev–Trinajstić information content (AvgIpc) is 2.73. The zero-order valence-electron chi connectivity index (χ0n) is 18.1. The number of rotatable bonds is 3. The fourth-order valence-electron chi connectivity index (χ4n) is 5.02. The van der Waals surface area contributed by atoms with Gasteiger partial charge < -0.3 is 20.3 Å². The molecule has 2 aliphatic rings. The van der Waals surface area contributed by atoms with E-state index in [0.717, 1.165) is 11.1 Å². The minimum Gasteiger partial charge on any atom is -0.486 e. The Balaban J connectivity index is 1.79. The number of hydrogen-bond acceptors (Lipinski definition) is 6. The molecule has 0 radical (unpaired) electrons. The molecule has 0 aliphatic carbocycles. The third-order valence-electron chi connectivity index (χ3n) is 6.56. The molecule has 1 saturated heterocycles. The van der Waals surface area contributed by atoms with E-state index < -0.39 is 23.2 Å². The predicted octanol–water partition coefficient (Wildman–Crippen LogP) is 3.14. The van der Waals surface area contributed by atoms with E-state index in [0.29, 0.717) is 48.4 Å². The number of benzene rings is 2. The molecule has 0 aromatic heterocycles. The van der Waals surface area contributed by atoms with Crippen molar-refractivity contribution in [2.24, 2.45) is 5.92 Å². The number of hydrogen-bond donors (Lipinski definition) is 3. The lowest BCUT2D eigenvalue weighted by molar-refractivity contribution is -0.0758. The van der Waals surface area contributed by atoms with Crippen LogP contribution in [-0.2, 0) is 5.60 Å². The standard InChI is InChI=1S/C25H28N2O4/c1-15-12-17(5-6-19(15)24(2,3)30)22(28)21-23(29)18-13-16(14-26)4-7-20(18)31-25(21)8-10-27-11-9-25/h4-7,12-13,21,23,27,29-30H,8-11H2,1-3H3. The summed E-state index contributed by atoms with van der Waals surface area (Å²) in [4.78, 5) is 13.8. The van der Waals surface area contributed by atoms with Crippen molar-refractivity contribution in [3.05, 3.63) is 64.2 Å². The Labute approximate surface area is 182 Å². The summed E-state index contributed by atoms with van der Waals surface area (Å²) >= 11 is 0. The molecule has 4 rings (SSSR count). The first-order valence-corrected chi connectivity index (χ1v) is 10.7. The third kappa shape index (κ3) is 3.74. The molecule has 2 atom stereocenters. The maximum absolute atomic E-state index is 13.8. The van der Waals surface area contributed by atoms with E-state index in [1.165, 1.54) is 0 Å². The van der Waals surface area contributed by atoms with Crippen LogP contribution in [0.5, 0.6) is 5.75 Å². The second kappa shape index (κ2) is 7.76. The van der Waals surface area contributed by atoms with Gasteiger partial charge >= 0.3 is 0 Å². The molecule has 1 spiro atoms. The molecule has 0 amide bonds. The minimum absolute atomic E-state index is 0.187. The number of aryl methyl sites for hydroxylation is 1. The molecule has 162 valence electrons. The minimum atomic E-state index is -1.07. The molecular weight excluding hydrogens is 392 g/mol. The topological polar surface area (TPSA) is 103 Å². The van der Waals surface area contributed by atoms with Gasteiger partial charge in [-0.15, -0.1) is 0 Å². The van der Waals surface area contributed by atoms with Crippen molar-refractivity contribution in [3.8, 4) is 11.8 Å². The summed E-state index contributed by atoms with van der Waals surface area (Å²) in [6, 6.07) is 12.3. The van der Waals surface area contributed by atoms with E-state index in [9.17, 15) is 20.3 Å². The summed E-state index contributed by atoms with van der Waals surface area (Å²) in [7, 11) is 0. The fraction of sp³-hybridized carbons (Fsp3) is 0.440. The number of piperidine rings is 1. The Kier molecular flexibility index (Phi) is 5.38. The SMILES string of the molecule is Cc1cc(C(=O)C2C(O)c3cc(C#N)ccc3OC23CCNCC3)ccc1C(C)(C)O. The van der Waals surface area contributed by atoms with Crippen LogP contribution in [0.2, 0.25) is 0 Å². The second-order valence-electron chi connectivity index (χ2n) is 9.16. The van der Waals surface area contributed by atoms with Gasteiger partial charge in [0, 0.05) is 24.0 Å². The number of fused-ring (bicyclic) bond motifs is 1. The van der Waals surface area contributed by atoms with E-state index in [1.54, 1.807) is 50.2 Å². The van der Waals surface area contributed by atoms with Gasteiger partial charge in [-0.3, -0.25) is 4.79 Å².